The van der Waals surface area contributed by atoms with Crippen LogP contribution in [-0.2, 0) is 9.53 Å². The van der Waals surface area contributed by atoms with Gasteiger partial charge in [0.25, 0.3) is 0 Å². The smallest absolute Gasteiger partial charge is 0.227 e. The van der Waals surface area contributed by atoms with E-state index in [1.54, 1.807) is 0 Å². The van der Waals surface area contributed by atoms with Crippen LogP contribution in [0.25, 0.3) is 0 Å². The summed E-state index contributed by atoms with van der Waals surface area (Å²) in [7, 11) is 0. The summed E-state index contributed by atoms with van der Waals surface area (Å²) < 4.78 is 5.69. The highest BCUT2D eigenvalue weighted by molar-refractivity contribution is 5.83. The second-order valence-electron chi connectivity index (χ2n) is 6.27. The Kier molecular flexibility index (Phi) is 5.22. The molecule has 19 heavy (non-hydrogen) atoms. The molecule has 2 unspecified atom stereocenters. The Morgan fingerprint density at radius 1 is 1.47 bits per heavy atom. The summed E-state index contributed by atoms with van der Waals surface area (Å²) >= 11 is 0. The number of amides is 1. The van der Waals surface area contributed by atoms with Gasteiger partial charge in [-0.05, 0) is 44.6 Å². The molecule has 2 N–H and O–H groups in total. The summed E-state index contributed by atoms with van der Waals surface area (Å²) in [5, 5.41) is 6.46. The molecule has 2 heterocycles. The van der Waals surface area contributed by atoms with Gasteiger partial charge in [0.2, 0.25) is 5.91 Å². The van der Waals surface area contributed by atoms with Gasteiger partial charge in [-0.2, -0.15) is 0 Å². The van der Waals surface area contributed by atoms with Crippen molar-refractivity contribution in [1.82, 2.24) is 10.6 Å². The first-order chi connectivity index (χ1) is 9.15. The lowest BCUT2D eigenvalue weighted by molar-refractivity contribution is -0.132. The molecule has 0 aromatic heterocycles. The molecule has 0 aliphatic carbocycles. The highest BCUT2D eigenvalue weighted by Gasteiger charge is 2.43. The molecule has 110 valence electrons. The van der Waals surface area contributed by atoms with Crippen molar-refractivity contribution in [1.29, 1.82) is 0 Å². The molecular formula is C15H28N2O2. The number of nitrogens with one attached hydrogen (secondary N) is 2. The lowest BCUT2D eigenvalue weighted by Crippen LogP contribution is -2.46. The van der Waals surface area contributed by atoms with Crippen molar-refractivity contribution in [3.8, 4) is 0 Å². The van der Waals surface area contributed by atoms with Crippen LogP contribution in [0.2, 0.25) is 0 Å². The number of hydrogen-bond donors (Lipinski definition) is 2. The first-order valence-electron chi connectivity index (χ1n) is 7.76. The molecule has 4 nitrogen and oxygen atoms in total. The molecule has 1 amide bonds. The van der Waals surface area contributed by atoms with Gasteiger partial charge >= 0.3 is 0 Å². The summed E-state index contributed by atoms with van der Waals surface area (Å²) in [6.07, 6.45) is 5.85. The zero-order valence-electron chi connectivity index (χ0n) is 12.3. The summed E-state index contributed by atoms with van der Waals surface area (Å²) in [5.41, 5.74) is -0.201. The third-order valence-electron chi connectivity index (χ3n) is 4.77. The molecule has 0 spiro atoms. The molecule has 0 saturated carbocycles. The second kappa shape index (κ2) is 6.71. The third-order valence-corrected chi connectivity index (χ3v) is 4.77. The highest BCUT2D eigenvalue weighted by Crippen LogP contribution is 2.34. The molecular weight excluding hydrogens is 240 g/mol. The normalized spacial score (nSPS) is 31.6. The van der Waals surface area contributed by atoms with E-state index in [1.165, 1.54) is 12.8 Å². The Morgan fingerprint density at radius 2 is 2.32 bits per heavy atom. The first-order valence-corrected chi connectivity index (χ1v) is 7.76. The summed E-state index contributed by atoms with van der Waals surface area (Å²) in [5.74, 6) is 0.608. The third kappa shape index (κ3) is 3.48. The van der Waals surface area contributed by atoms with Crippen LogP contribution in [0.5, 0.6) is 0 Å². The van der Waals surface area contributed by atoms with Crippen LogP contribution >= 0.6 is 0 Å². The van der Waals surface area contributed by atoms with Gasteiger partial charge in [0.1, 0.15) is 0 Å². The van der Waals surface area contributed by atoms with Gasteiger partial charge in [-0.3, -0.25) is 4.79 Å². The maximum atomic E-state index is 12.5. The molecule has 2 aliphatic rings. The van der Waals surface area contributed by atoms with E-state index in [1.807, 2.05) is 0 Å². The number of carbonyl (C=O) groups excluding carboxylic acids is 1. The Hall–Kier alpha value is -0.610. The molecule has 2 atom stereocenters. The molecule has 0 aromatic carbocycles. The quantitative estimate of drug-likeness (QED) is 0.798. The molecule has 4 heteroatoms. The molecule has 2 rings (SSSR count). The SMILES string of the molecule is CC(C)C1(C(=O)NCCC2CCCCO2)CCNC1. The van der Waals surface area contributed by atoms with Crippen molar-refractivity contribution in [3.63, 3.8) is 0 Å². The zero-order chi connectivity index (χ0) is 13.7. The predicted octanol–water partition coefficient (Wildman–Crippen LogP) is 1.70. The van der Waals surface area contributed by atoms with E-state index < -0.39 is 0 Å². The van der Waals surface area contributed by atoms with E-state index in [0.29, 0.717) is 12.0 Å². The van der Waals surface area contributed by atoms with Crippen LogP contribution in [0.4, 0.5) is 0 Å². The minimum absolute atomic E-state index is 0.201. The monoisotopic (exact) mass is 268 g/mol. The predicted molar refractivity (Wildman–Crippen MR) is 76.0 cm³/mol. The van der Waals surface area contributed by atoms with E-state index in [4.69, 9.17) is 4.74 Å². The second-order valence-corrected chi connectivity index (χ2v) is 6.27. The van der Waals surface area contributed by atoms with Crippen molar-refractivity contribution in [2.45, 2.75) is 52.1 Å². The van der Waals surface area contributed by atoms with E-state index in [-0.39, 0.29) is 11.3 Å². The van der Waals surface area contributed by atoms with Gasteiger partial charge in [-0.25, -0.2) is 0 Å². The van der Waals surface area contributed by atoms with Crippen LogP contribution in [0, 0.1) is 11.3 Å². The van der Waals surface area contributed by atoms with Gasteiger partial charge in [0.15, 0.2) is 0 Å². The van der Waals surface area contributed by atoms with Crippen molar-refractivity contribution in [3.05, 3.63) is 0 Å². The summed E-state index contributed by atoms with van der Waals surface area (Å²) in [6.45, 7) is 7.71. The van der Waals surface area contributed by atoms with Gasteiger partial charge in [-0.1, -0.05) is 13.8 Å². The van der Waals surface area contributed by atoms with E-state index in [0.717, 1.165) is 45.5 Å². The van der Waals surface area contributed by atoms with Gasteiger partial charge in [0.05, 0.1) is 11.5 Å². The Labute approximate surface area is 116 Å². The zero-order valence-corrected chi connectivity index (χ0v) is 12.3. The minimum atomic E-state index is -0.201. The van der Waals surface area contributed by atoms with Crippen LogP contribution in [0.3, 0.4) is 0 Å². The summed E-state index contributed by atoms with van der Waals surface area (Å²) in [6, 6.07) is 0. The van der Waals surface area contributed by atoms with Crippen LogP contribution in [0.1, 0.15) is 46.0 Å². The molecule has 2 saturated heterocycles. The van der Waals surface area contributed by atoms with E-state index in [9.17, 15) is 4.79 Å². The fraction of sp³-hybridized carbons (Fsp3) is 0.933. The van der Waals surface area contributed by atoms with Crippen molar-refractivity contribution in [2.75, 3.05) is 26.2 Å². The fourth-order valence-corrected chi connectivity index (χ4v) is 3.22. The topological polar surface area (TPSA) is 50.4 Å². The lowest BCUT2D eigenvalue weighted by atomic mass is 9.75. The molecule has 2 fully saturated rings. The van der Waals surface area contributed by atoms with E-state index in [2.05, 4.69) is 24.5 Å². The van der Waals surface area contributed by atoms with Gasteiger partial charge in [0, 0.05) is 19.7 Å². The van der Waals surface area contributed by atoms with Gasteiger partial charge in [-0.15, -0.1) is 0 Å². The Bertz CT molecular complexity index is 293. The van der Waals surface area contributed by atoms with Gasteiger partial charge < -0.3 is 15.4 Å². The number of carbonyl (C=O) groups is 1. The van der Waals surface area contributed by atoms with Crippen molar-refractivity contribution < 1.29 is 9.53 Å². The van der Waals surface area contributed by atoms with Crippen LogP contribution in [-0.4, -0.2) is 38.3 Å². The number of ether oxygens (including phenoxy) is 1. The maximum Gasteiger partial charge on any atom is 0.227 e. The fourth-order valence-electron chi connectivity index (χ4n) is 3.22. The van der Waals surface area contributed by atoms with Crippen molar-refractivity contribution >= 4 is 5.91 Å². The average molecular weight is 268 g/mol. The lowest BCUT2D eigenvalue weighted by Gasteiger charge is -2.31. The molecule has 0 bridgehead atoms. The van der Waals surface area contributed by atoms with Crippen LogP contribution in [0.15, 0.2) is 0 Å². The Morgan fingerprint density at radius 3 is 2.89 bits per heavy atom. The number of hydrogen-bond acceptors (Lipinski definition) is 3. The Balaban J connectivity index is 1.76. The highest BCUT2D eigenvalue weighted by atomic mass is 16.5. The van der Waals surface area contributed by atoms with E-state index >= 15 is 0 Å². The molecule has 0 radical (unpaired) electrons. The largest absolute Gasteiger partial charge is 0.378 e. The number of rotatable bonds is 5. The standard InChI is InChI=1S/C15H28N2O2/c1-12(2)15(7-9-16-11-15)14(18)17-8-6-13-5-3-4-10-19-13/h12-13,16H,3-11H2,1-2H3,(H,17,18). The summed E-state index contributed by atoms with van der Waals surface area (Å²) in [4.78, 5) is 12.5. The average Bonchev–Trinajstić information content (AvgIpc) is 2.90. The van der Waals surface area contributed by atoms with Crippen molar-refractivity contribution in [2.24, 2.45) is 11.3 Å². The first kappa shape index (κ1) is 14.8. The molecule has 0 aromatic rings. The minimum Gasteiger partial charge on any atom is -0.378 e. The molecule has 2 aliphatic heterocycles. The van der Waals surface area contributed by atoms with Crippen LogP contribution < -0.4 is 10.6 Å². The maximum absolute atomic E-state index is 12.5.